The molecule has 1 aromatic rings. The van der Waals surface area contributed by atoms with Crippen molar-refractivity contribution in [1.29, 1.82) is 0 Å². The molecule has 26 heavy (non-hydrogen) atoms. The second-order valence-electron chi connectivity index (χ2n) is 5.97. The first-order valence-electron chi connectivity index (χ1n) is 8.89. The van der Waals surface area contributed by atoms with E-state index in [4.69, 9.17) is 9.47 Å². The van der Waals surface area contributed by atoms with Gasteiger partial charge in [0.1, 0.15) is 0 Å². The molecule has 148 valence electrons. The van der Waals surface area contributed by atoms with E-state index < -0.39 is 0 Å². The summed E-state index contributed by atoms with van der Waals surface area (Å²) in [5.41, 5.74) is 1.20. The average Bonchev–Trinajstić information content (AvgIpc) is 2.64. The van der Waals surface area contributed by atoms with Crippen molar-refractivity contribution >= 4 is 29.9 Å². The molecule has 0 aliphatic heterocycles. The van der Waals surface area contributed by atoms with E-state index in [1.54, 1.807) is 14.2 Å². The minimum Gasteiger partial charge on any atom is -0.493 e. The van der Waals surface area contributed by atoms with E-state index in [1.165, 1.54) is 24.8 Å². The number of ether oxygens (including phenoxy) is 2. The van der Waals surface area contributed by atoms with Crippen molar-refractivity contribution in [2.45, 2.75) is 32.1 Å². The maximum absolute atomic E-state index is 5.35. The van der Waals surface area contributed by atoms with Crippen LogP contribution in [0.5, 0.6) is 11.5 Å². The van der Waals surface area contributed by atoms with Crippen LogP contribution in [0.25, 0.3) is 0 Å². The molecule has 0 spiro atoms. The summed E-state index contributed by atoms with van der Waals surface area (Å²) in [6.45, 7) is 5.59. The van der Waals surface area contributed by atoms with Gasteiger partial charge in [-0.3, -0.25) is 4.99 Å². The number of nitrogens with zero attached hydrogens (tertiary/aromatic N) is 2. The van der Waals surface area contributed by atoms with E-state index in [1.807, 2.05) is 25.3 Å². The number of rotatable bonds is 11. The van der Waals surface area contributed by atoms with Gasteiger partial charge in [-0.2, -0.15) is 0 Å². The van der Waals surface area contributed by atoms with E-state index >= 15 is 0 Å². The van der Waals surface area contributed by atoms with Crippen LogP contribution in [-0.4, -0.2) is 52.3 Å². The maximum Gasteiger partial charge on any atom is 0.193 e. The topological polar surface area (TPSA) is 46.1 Å². The van der Waals surface area contributed by atoms with Gasteiger partial charge in [-0.05, 0) is 43.4 Å². The largest absolute Gasteiger partial charge is 0.493 e. The van der Waals surface area contributed by atoms with Crippen LogP contribution in [0.3, 0.4) is 0 Å². The van der Waals surface area contributed by atoms with Crippen LogP contribution in [0.4, 0.5) is 0 Å². The Morgan fingerprint density at radius 1 is 1.19 bits per heavy atom. The van der Waals surface area contributed by atoms with Crippen molar-refractivity contribution in [3.8, 4) is 11.5 Å². The van der Waals surface area contributed by atoms with Gasteiger partial charge in [0.05, 0.1) is 14.2 Å². The average molecular weight is 475 g/mol. The number of hydrogen-bond acceptors (Lipinski definition) is 3. The SMILES string of the molecule is C=CCCCCCN(C)C(=NC)NCCc1ccc(OC)c(OC)c1.I. The van der Waals surface area contributed by atoms with Crippen LogP contribution in [0, 0.1) is 0 Å². The van der Waals surface area contributed by atoms with Crippen molar-refractivity contribution in [3.63, 3.8) is 0 Å². The fourth-order valence-electron chi connectivity index (χ4n) is 2.66. The highest BCUT2D eigenvalue weighted by atomic mass is 127. The Morgan fingerprint density at radius 2 is 1.92 bits per heavy atom. The molecular formula is C20H34IN3O2. The van der Waals surface area contributed by atoms with Gasteiger partial charge in [0, 0.05) is 27.2 Å². The lowest BCUT2D eigenvalue weighted by molar-refractivity contribution is 0.354. The number of methoxy groups -OCH3 is 2. The summed E-state index contributed by atoms with van der Waals surface area (Å²) in [5, 5.41) is 3.42. The Morgan fingerprint density at radius 3 is 2.54 bits per heavy atom. The fraction of sp³-hybridized carbons (Fsp3) is 0.550. The summed E-state index contributed by atoms with van der Waals surface area (Å²) < 4.78 is 10.6. The minimum absolute atomic E-state index is 0. The summed E-state index contributed by atoms with van der Waals surface area (Å²) in [5.74, 6) is 2.46. The third kappa shape index (κ3) is 8.78. The van der Waals surface area contributed by atoms with Gasteiger partial charge >= 0.3 is 0 Å². The molecule has 0 amide bonds. The van der Waals surface area contributed by atoms with Crippen molar-refractivity contribution in [3.05, 3.63) is 36.4 Å². The van der Waals surface area contributed by atoms with Gasteiger partial charge in [-0.15, -0.1) is 30.6 Å². The highest BCUT2D eigenvalue weighted by Gasteiger charge is 2.07. The Bertz CT molecular complexity index is 550. The van der Waals surface area contributed by atoms with E-state index in [0.29, 0.717) is 0 Å². The molecule has 0 aliphatic carbocycles. The predicted molar refractivity (Wildman–Crippen MR) is 121 cm³/mol. The molecule has 6 heteroatoms. The summed E-state index contributed by atoms with van der Waals surface area (Å²) in [6, 6.07) is 6.03. The van der Waals surface area contributed by atoms with E-state index in [0.717, 1.165) is 43.4 Å². The number of aliphatic imine (C=N–C) groups is 1. The summed E-state index contributed by atoms with van der Waals surface area (Å²) >= 11 is 0. The van der Waals surface area contributed by atoms with Gasteiger partial charge in [0.2, 0.25) is 0 Å². The molecule has 1 rings (SSSR count). The molecule has 0 fully saturated rings. The molecule has 0 saturated heterocycles. The Labute approximate surface area is 175 Å². The van der Waals surface area contributed by atoms with Crippen LogP contribution in [0.1, 0.15) is 31.2 Å². The first-order chi connectivity index (χ1) is 12.2. The number of nitrogens with one attached hydrogen (secondary N) is 1. The third-order valence-electron chi connectivity index (χ3n) is 4.12. The van der Waals surface area contributed by atoms with Crippen molar-refractivity contribution in [1.82, 2.24) is 10.2 Å². The zero-order valence-corrected chi connectivity index (χ0v) is 18.9. The first kappa shape index (κ1) is 24.6. The normalized spacial score (nSPS) is 10.7. The fourth-order valence-corrected chi connectivity index (χ4v) is 2.66. The molecule has 0 bridgehead atoms. The quantitative estimate of drug-likeness (QED) is 0.172. The molecule has 1 aromatic carbocycles. The second kappa shape index (κ2) is 14.7. The number of hydrogen-bond donors (Lipinski definition) is 1. The molecular weight excluding hydrogens is 441 g/mol. The van der Waals surface area contributed by atoms with Gasteiger partial charge in [0.15, 0.2) is 17.5 Å². The number of allylic oxidation sites excluding steroid dienone is 1. The van der Waals surface area contributed by atoms with Gasteiger partial charge in [-0.25, -0.2) is 0 Å². The number of halogens is 1. The lowest BCUT2D eigenvalue weighted by Gasteiger charge is -2.22. The van der Waals surface area contributed by atoms with Gasteiger partial charge in [0.25, 0.3) is 0 Å². The van der Waals surface area contributed by atoms with Crippen LogP contribution in [0.2, 0.25) is 0 Å². The van der Waals surface area contributed by atoms with E-state index in [-0.39, 0.29) is 24.0 Å². The molecule has 0 aliphatic rings. The smallest absolute Gasteiger partial charge is 0.193 e. The van der Waals surface area contributed by atoms with E-state index in [2.05, 4.69) is 34.9 Å². The van der Waals surface area contributed by atoms with Crippen molar-refractivity contribution in [2.24, 2.45) is 4.99 Å². The van der Waals surface area contributed by atoms with Crippen LogP contribution in [-0.2, 0) is 6.42 Å². The molecule has 5 nitrogen and oxygen atoms in total. The molecule has 0 saturated carbocycles. The summed E-state index contributed by atoms with van der Waals surface area (Å²) in [4.78, 5) is 6.55. The highest BCUT2D eigenvalue weighted by molar-refractivity contribution is 14.0. The van der Waals surface area contributed by atoms with Crippen molar-refractivity contribution in [2.75, 3.05) is 41.4 Å². The zero-order valence-electron chi connectivity index (χ0n) is 16.6. The number of unbranched alkanes of at least 4 members (excludes halogenated alkanes) is 3. The lowest BCUT2D eigenvalue weighted by atomic mass is 10.1. The second-order valence-corrected chi connectivity index (χ2v) is 5.97. The highest BCUT2D eigenvalue weighted by Crippen LogP contribution is 2.27. The van der Waals surface area contributed by atoms with Crippen LogP contribution < -0.4 is 14.8 Å². The monoisotopic (exact) mass is 475 g/mol. The first-order valence-corrected chi connectivity index (χ1v) is 8.89. The van der Waals surface area contributed by atoms with Gasteiger partial charge in [-0.1, -0.05) is 18.6 Å². The molecule has 0 heterocycles. The Kier molecular flexibility index (Phi) is 13.9. The Hall–Kier alpha value is -1.44. The van der Waals surface area contributed by atoms with Crippen LogP contribution in [0.15, 0.2) is 35.8 Å². The minimum atomic E-state index is 0. The number of guanidine groups is 1. The lowest BCUT2D eigenvalue weighted by Crippen LogP contribution is -2.40. The predicted octanol–water partition coefficient (Wildman–Crippen LogP) is 4.12. The maximum atomic E-state index is 5.35. The Balaban J connectivity index is 0.00000625. The molecule has 0 radical (unpaired) electrons. The molecule has 0 aromatic heterocycles. The van der Waals surface area contributed by atoms with Gasteiger partial charge < -0.3 is 19.7 Å². The molecule has 0 atom stereocenters. The summed E-state index contributed by atoms with van der Waals surface area (Å²) in [6.07, 6.45) is 7.58. The molecule has 1 N–H and O–H groups in total. The standard InChI is InChI=1S/C20H33N3O2.HI/c1-6-7-8-9-10-15-23(3)20(21-2)22-14-13-17-11-12-18(24-4)19(16-17)25-5;/h6,11-12,16H,1,7-10,13-15H2,2-5H3,(H,21,22);1H. The molecule has 0 unspecified atom stereocenters. The third-order valence-corrected chi connectivity index (χ3v) is 4.12. The van der Waals surface area contributed by atoms with E-state index in [9.17, 15) is 0 Å². The van der Waals surface area contributed by atoms with Crippen molar-refractivity contribution < 1.29 is 9.47 Å². The zero-order chi connectivity index (χ0) is 18.5. The summed E-state index contributed by atoms with van der Waals surface area (Å²) in [7, 11) is 7.22. The van der Waals surface area contributed by atoms with Crippen LogP contribution >= 0.6 is 24.0 Å². The number of benzene rings is 1.